The number of fused-ring (bicyclic) bond motifs is 1. The summed E-state index contributed by atoms with van der Waals surface area (Å²) in [6, 6.07) is 23.6. The zero-order valence-electron chi connectivity index (χ0n) is 16.1. The highest BCUT2D eigenvalue weighted by atomic mass is 32.2. The van der Waals surface area contributed by atoms with E-state index in [0.717, 1.165) is 16.3 Å². The van der Waals surface area contributed by atoms with Crippen LogP contribution in [0.25, 0.3) is 0 Å². The summed E-state index contributed by atoms with van der Waals surface area (Å²) in [6.07, 6.45) is 0. The number of benzene rings is 3. The number of anilines is 1. The number of carbonyl (C=O) groups excluding carboxylic acids is 2. The lowest BCUT2D eigenvalue weighted by Gasteiger charge is -2.18. The molecule has 0 saturated carbocycles. The standard InChI is InChI=1S/C24H19NO3S/c1-25-19-15-18(28-2)13-14-20(19)29-24(25)21(22(26)16-9-5-3-6-10-16)23(27)17-11-7-4-8-12-17/h3-15H,1-2H3. The summed E-state index contributed by atoms with van der Waals surface area (Å²) in [5.41, 5.74) is 2.05. The van der Waals surface area contributed by atoms with Crippen LogP contribution in [0.3, 0.4) is 0 Å². The van der Waals surface area contributed by atoms with Crippen LogP contribution in [-0.2, 0) is 0 Å². The maximum atomic E-state index is 13.4. The van der Waals surface area contributed by atoms with Crippen molar-refractivity contribution in [2.24, 2.45) is 0 Å². The van der Waals surface area contributed by atoms with Crippen molar-refractivity contribution in [2.45, 2.75) is 4.90 Å². The Bertz CT molecular complexity index is 1050. The van der Waals surface area contributed by atoms with Crippen molar-refractivity contribution in [3.63, 3.8) is 0 Å². The first-order valence-electron chi connectivity index (χ1n) is 9.13. The Morgan fingerprint density at radius 3 is 1.90 bits per heavy atom. The van der Waals surface area contributed by atoms with Gasteiger partial charge in [-0.1, -0.05) is 72.4 Å². The zero-order valence-corrected chi connectivity index (χ0v) is 16.9. The van der Waals surface area contributed by atoms with Crippen molar-refractivity contribution in [3.8, 4) is 5.75 Å². The second-order valence-corrected chi connectivity index (χ2v) is 7.60. The molecule has 0 atom stereocenters. The van der Waals surface area contributed by atoms with Gasteiger partial charge in [-0.3, -0.25) is 9.59 Å². The average Bonchev–Trinajstić information content (AvgIpc) is 3.10. The predicted molar refractivity (Wildman–Crippen MR) is 116 cm³/mol. The molecule has 1 aliphatic heterocycles. The third kappa shape index (κ3) is 3.57. The van der Waals surface area contributed by atoms with Crippen LogP contribution in [0.2, 0.25) is 0 Å². The molecule has 0 aliphatic carbocycles. The molecule has 29 heavy (non-hydrogen) atoms. The maximum Gasteiger partial charge on any atom is 0.199 e. The number of methoxy groups -OCH3 is 1. The number of allylic oxidation sites excluding steroid dienone is 1. The summed E-state index contributed by atoms with van der Waals surface area (Å²) >= 11 is 1.43. The molecule has 0 fully saturated rings. The Balaban J connectivity index is 1.86. The summed E-state index contributed by atoms with van der Waals surface area (Å²) in [6.45, 7) is 0. The van der Waals surface area contributed by atoms with Crippen LogP contribution in [0.5, 0.6) is 5.75 Å². The van der Waals surface area contributed by atoms with Crippen LogP contribution in [0.4, 0.5) is 5.69 Å². The lowest BCUT2D eigenvalue weighted by atomic mass is 9.96. The Morgan fingerprint density at radius 1 is 0.828 bits per heavy atom. The lowest BCUT2D eigenvalue weighted by Crippen LogP contribution is -2.21. The molecule has 1 heterocycles. The average molecular weight is 401 g/mol. The van der Waals surface area contributed by atoms with Gasteiger partial charge in [-0.25, -0.2) is 0 Å². The topological polar surface area (TPSA) is 46.6 Å². The molecule has 0 radical (unpaired) electrons. The van der Waals surface area contributed by atoms with Crippen molar-refractivity contribution in [2.75, 3.05) is 19.1 Å². The number of thioether (sulfide) groups is 1. The summed E-state index contributed by atoms with van der Waals surface area (Å²) in [7, 11) is 3.48. The largest absolute Gasteiger partial charge is 0.497 e. The molecule has 0 amide bonds. The van der Waals surface area contributed by atoms with Crippen LogP contribution < -0.4 is 9.64 Å². The molecule has 1 aliphatic rings. The molecule has 4 nitrogen and oxygen atoms in total. The minimum Gasteiger partial charge on any atom is -0.497 e. The fourth-order valence-electron chi connectivity index (χ4n) is 3.24. The molecule has 144 valence electrons. The van der Waals surface area contributed by atoms with Gasteiger partial charge in [-0.15, -0.1) is 0 Å². The van der Waals surface area contributed by atoms with E-state index < -0.39 is 0 Å². The van der Waals surface area contributed by atoms with Gasteiger partial charge in [0.05, 0.1) is 17.8 Å². The van der Waals surface area contributed by atoms with Gasteiger partial charge in [0.15, 0.2) is 11.6 Å². The molecule has 0 bridgehead atoms. The number of ketones is 2. The van der Waals surface area contributed by atoms with Gasteiger partial charge >= 0.3 is 0 Å². The third-order valence-electron chi connectivity index (χ3n) is 4.78. The second kappa shape index (κ2) is 7.97. The quantitative estimate of drug-likeness (QED) is 0.254. The molecule has 0 spiro atoms. The van der Waals surface area contributed by atoms with Crippen molar-refractivity contribution in [3.05, 3.63) is 101 Å². The van der Waals surface area contributed by atoms with Crippen LogP contribution in [0.1, 0.15) is 20.7 Å². The maximum absolute atomic E-state index is 13.4. The highest BCUT2D eigenvalue weighted by molar-refractivity contribution is 8.03. The molecule has 3 aromatic rings. The van der Waals surface area contributed by atoms with Crippen LogP contribution in [-0.4, -0.2) is 25.7 Å². The number of rotatable bonds is 5. The second-order valence-electron chi connectivity index (χ2n) is 6.57. The summed E-state index contributed by atoms with van der Waals surface area (Å²) in [4.78, 5) is 29.7. The number of hydrogen-bond acceptors (Lipinski definition) is 5. The minimum atomic E-state index is -0.284. The van der Waals surface area contributed by atoms with E-state index in [-0.39, 0.29) is 17.1 Å². The zero-order chi connectivity index (χ0) is 20.4. The van der Waals surface area contributed by atoms with E-state index in [0.29, 0.717) is 16.2 Å². The molecule has 4 rings (SSSR count). The van der Waals surface area contributed by atoms with Gasteiger partial charge in [-0.2, -0.15) is 0 Å². The minimum absolute atomic E-state index is 0.171. The van der Waals surface area contributed by atoms with E-state index in [4.69, 9.17) is 4.74 Å². The molecular formula is C24H19NO3S. The number of carbonyl (C=O) groups is 2. The van der Waals surface area contributed by atoms with Crippen LogP contribution in [0.15, 0.2) is 94.4 Å². The Hall–Kier alpha value is -3.31. The van der Waals surface area contributed by atoms with Gasteiger partial charge in [0.2, 0.25) is 0 Å². The number of Topliss-reactive ketones (excluding diaryl/α,β-unsaturated/α-hetero) is 2. The van der Waals surface area contributed by atoms with Gasteiger partial charge in [0.1, 0.15) is 11.3 Å². The third-order valence-corrected chi connectivity index (χ3v) is 6.02. The summed E-state index contributed by atoms with van der Waals surface area (Å²) in [5.74, 6) is 0.157. The monoisotopic (exact) mass is 401 g/mol. The molecule has 3 aromatic carbocycles. The highest BCUT2D eigenvalue weighted by Crippen LogP contribution is 2.48. The predicted octanol–water partition coefficient (Wildman–Crippen LogP) is 5.21. The van der Waals surface area contributed by atoms with E-state index >= 15 is 0 Å². The smallest absolute Gasteiger partial charge is 0.199 e. The van der Waals surface area contributed by atoms with Crippen molar-refractivity contribution in [1.82, 2.24) is 0 Å². The first-order chi connectivity index (χ1) is 14.1. The van der Waals surface area contributed by atoms with Crippen molar-refractivity contribution < 1.29 is 14.3 Å². The summed E-state index contributed by atoms with van der Waals surface area (Å²) in [5, 5.41) is 0.621. The molecule has 0 saturated heterocycles. The van der Waals surface area contributed by atoms with E-state index in [2.05, 4.69) is 0 Å². The highest BCUT2D eigenvalue weighted by Gasteiger charge is 2.33. The van der Waals surface area contributed by atoms with Gasteiger partial charge < -0.3 is 9.64 Å². The normalized spacial score (nSPS) is 12.5. The van der Waals surface area contributed by atoms with Crippen molar-refractivity contribution >= 4 is 29.0 Å². The van der Waals surface area contributed by atoms with E-state index in [1.54, 1.807) is 55.6 Å². The van der Waals surface area contributed by atoms with E-state index in [1.165, 1.54) is 11.8 Å². The van der Waals surface area contributed by atoms with Crippen molar-refractivity contribution in [1.29, 1.82) is 0 Å². The molecule has 5 heteroatoms. The molecule has 0 unspecified atom stereocenters. The van der Waals surface area contributed by atoms with E-state index in [9.17, 15) is 9.59 Å². The van der Waals surface area contributed by atoms with Gasteiger partial charge in [0.25, 0.3) is 0 Å². The fourth-order valence-corrected chi connectivity index (χ4v) is 4.41. The van der Waals surface area contributed by atoms with Gasteiger partial charge in [-0.05, 0) is 12.1 Å². The summed E-state index contributed by atoms with van der Waals surface area (Å²) < 4.78 is 5.33. The molecule has 0 N–H and O–H groups in total. The Labute approximate surface area is 173 Å². The number of ether oxygens (including phenoxy) is 1. The van der Waals surface area contributed by atoms with Gasteiger partial charge in [0, 0.05) is 29.1 Å². The first kappa shape index (κ1) is 19.0. The SMILES string of the molecule is COc1ccc2c(c1)N(C)C(=C(C(=O)c1ccccc1)C(=O)c1ccccc1)S2. The fraction of sp³-hybridized carbons (Fsp3) is 0.0833. The van der Waals surface area contributed by atoms with Crippen LogP contribution >= 0.6 is 11.8 Å². The molecule has 0 aromatic heterocycles. The van der Waals surface area contributed by atoms with Crippen LogP contribution in [0, 0.1) is 0 Å². The Kier molecular flexibility index (Phi) is 5.23. The lowest BCUT2D eigenvalue weighted by molar-refractivity contribution is 0.0961. The Morgan fingerprint density at radius 2 is 1.38 bits per heavy atom. The molecular weight excluding hydrogens is 382 g/mol. The number of hydrogen-bond donors (Lipinski definition) is 0. The van der Waals surface area contributed by atoms with E-state index in [1.807, 2.05) is 42.3 Å². The number of nitrogens with zero attached hydrogens (tertiary/aromatic N) is 1. The first-order valence-corrected chi connectivity index (χ1v) is 9.95.